The standard InChI is InChI=1S/C16H20N4O3S/c1-4-20(5-2)16(21)13-6-8-14(9-7-13)24(22,23)19(3)15-12-17-10-11-18-15/h6-12H,4-5H2,1-3H3. The summed E-state index contributed by atoms with van der Waals surface area (Å²) in [5.41, 5.74) is 0.458. The van der Waals surface area contributed by atoms with Crippen LogP contribution in [-0.2, 0) is 10.0 Å². The van der Waals surface area contributed by atoms with Gasteiger partial charge in [-0.15, -0.1) is 0 Å². The van der Waals surface area contributed by atoms with E-state index in [2.05, 4.69) is 9.97 Å². The van der Waals surface area contributed by atoms with E-state index in [1.807, 2.05) is 13.8 Å². The van der Waals surface area contributed by atoms with Gasteiger partial charge in [0, 0.05) is 38.1 Å². The number of benzene rings is 1. The third-order valence-corrected chi connectivity index (χ3v) is 5.46. The topological polar surface area (TPSA) is 83.5 Å². The maximum Gasteiger partial charge on any atom is 0.265 e. The predicted molar refractivity (Wildman–Crippen MR) is 91.3 cm³/mol. The highest BCUT2D eigenvalue weighted by molar-refractivity contribution is 7.92. The van der Waals surface area contributed by atoms with E-state index in [9.17, 15) is 13.2 Å². The molecular formula is C16H20N4O3S. The zero-order valence-corrected chi connectivity index (χ0v) is 14.7. The smallest absolute Gasteiger partial charge is 0.265 e. The lowest BCUT2D eigenvalue weighted by Crippen LogP contribution is -2.30. The zero-order chi connectivity index (χ0) is 17.7. The maximum atomic E-state index is 12.6. The molecule has 0 atom stereocenters. The molecule has 7 nitrogen and oxygen atoms in total. The van der Waals surface area contributed by atoms with Crippen LogP contribution in [0.15, 0.2) is 47.8 Å². The van der Waals surface area contributed by atoms with Gasteiger partial charge in [-0.05, 0) is 38.1 Å². The van der Waals surface area contributed by atoms with Gasteiger partial charge in [-0.3, -0.25) is 14.1 Å². The molecule has 0 aliphatic rings. The molecule has 8 heteroatoms. The van der Waals surface area contributed by atoms with Gasteiger partial charge in [0.15, 0.2) is 5.82 Å². The fraction of sp³-hybridized carbons (Fsp3) is 0.312. The molecule has 0 saturated carbocycles. The molecule has 0 fully saturated rings. The van der Waals surface area contributed by atoms with Crippen molar-refractivity contribution in [2.45, 2.75) is 18.7 Å². The minimum Gasteiger partial charge on any atom is -0.339 e. The zero-order valence-electron chi connectivity index (χ0n) is 13.9. The van der Waals surface area contributed by atoms with Crippen molar-refractivity contribution < 1.29 is 13.2 Å². The van der Waals surface area contributed by atoms with E-state index in [-0.39, 0.29) is 16.6 Å². The van der Waals surface area contributed by atoms with Crippen LogP contribution < -0.4 is 4.31 Å². The summed E-state index contributed by atoms with van der Waals surface area (Å²) < 4.78 is 26.3. The van der Waals surface area contributed by atoms with Gasteiger partial charge in [-0.25, -0.2) is 13.4 Å². The van der Waals surface area contributed by atoms with Crippen molar-refractivity contribution in [3.05, 3.63) is 48.4 Å². The summed E-state index contributed by atoms with van der Waals surface area (Å²) in [6, 6.07) is 5.91. The Hall–Kier alpha value is -2.48. The van der Waals surface area contributed by atoms with E-state index in [1.165, 1.54) is 49.9 Å². The predicted octanol–water partition coefficient (Wildman–Crippen LogP) is 1.78. The first-order valence-electron chi connectivity index (χ1n) is 7.56. The highest BCUT2D eigenvalue weighted by Gasteiger charge is 2.23. The number of sulfonamides is 1. The van der Waals surface area contributed by atoms with Gasteiger partial charge >= 0.3 is 0 Å². The van der Waals surface area contributed by atoms with E-state index < -0.39 is 10.0 Å². The van der Waals surface area contributed by atoms with Crippen LogP contribution >= 0.6 is 0 Å². The van der Waals surface area contributed by atoms with Crippen LogP contribution in [0.2, 0.25) is 0 Å². The molecule has 1 aromatic carbocycles. The second-order valence-corrected chi connectivity index (χ2v) is 7.01. The second-order valence-electron chi connectivity index (χ2n) is 5.04. The lowest BCUT2D eigenvalue weighted by atomic mass is 10.2. The average molecular weight is 348 g/mol. The van der Waals surface area contributed by atoms with Gasteiger partial charge in [-0.1, -0.05) is 0 Å². The van der Waals surface area contributed by atoms with Gasteiger partial charge in [0.05, 0.1) is 11.1 Å². The summed E-state index contributed by atoms with van der Waals surface area (Å²) in [5.74, 6) is 0.104. The number of anilines is 1. The fourth-order valence-corrected chi connectivity index (χ4v) is 3.33. The van der Waals surface area contributed by atoms with Crippen LogP contribution in [0.25, 0.3) is 0 Å². The van der Waals surface area contributed by atoms with Crippen molar-refractivity contribution in [2.75, 3.05) is 24.4 Å². The number of rotatable bonds is 6. The molecule has 128 valence electrons. The van der Waals surface area contributed by atoms with Gasteiger partial charge in [0.25, 0.3) is 15.9 Å². The third-order valence-electron chi connectivity index (χ3n) is 3.68. The number of nitrogens with zero attached hydrogens (tertiary/aromatic N) is 4. The van der Waals surface area contributed by atoms with Crippen molar-refractivity contribution in [1.29, 1.82) is 0 Å². The van der Waals surface area contributed by atoms with E-state index in [0.29, 0.717) is 18.7 Å². The Balaban J connectivity index is 2.28. The Kier molecular flexibility index (Phi) is 5.50. The second kappa shape index (κ2) is 7.39. The van der Waals surface area contributed by atoms with Gasteiger partial charge in [-0.2, -0.15) is 0 Å². The van der Waals surface area contributed by atoms with Crippen LogP contribution in [0.3, 0.4) is 0 Å². The first-order chi connectivity index (χ1) is 11.4. The maximum absolute atomic E-state index is 12.6. The summed E-state index contributed by atoms with van der Waals surface area (Å²) in [6.45, 7) is 5.00. The molecule has 1 amide bonds. The van der Waals surface area contributed by atoms with Gasteiger partial charge in [0.1, 0.15) is 0 Å². The van der Waals surface area contributed by atoms with E-state index in [4.69, 9.17) is 0 Å². The molecule has 0 bridgehead atoms. The Labute approximate surface area is 142 Å². The van der Waals surface area contributed by atoms with Crippen LogP contribution in [0.1, 0.15) is 24.2 Å². The molecule has 0 aliphatic heterocycles. The number of carbonyl (C=O) groups is 1. The molecular weight excluding hydrogens is 328 g/mol. The first kappa shape index (κ1) is 17.9. The minimum atomic E-state index is -3.76. The molecule has 0 N–H and O–H groups in total. The van der Waals surface area contributed by atoms with Crippen LogP contribution in [0.5, 0.6) is 0 Å². The van der Waals surface area contributed by atoms with Crippen molar-refractivity contribution in [3.8, 4) is 0 Å². The Bertz CT molecular complexity index is 788. The molecule has 0 radical (unpaired) electrons. The number of hydrogen-bond acceptors (Lipinski definition) is 5. The lowest BCUT2D eigenvalue weighted by Gasteiger charge is -2.20. The fourth-order valence-electron chi connectivity index (χ4n) is 2.20. The molecule has 0 spiro atoms. The molecule has 1 heterocycles. The third kappa shape index (κ3) is 3.53. The quantitative estimate of drug-likeness (QED) is 0.795. The minimum absolute atomic E-state index is 0.0896. The van der Waals surface area contributed by atoms with E-state index in [0.717, 1.165) is 4.31 Å². The Morgan fingerprint density at radius 1 is 1.08 bits per heavy atom. The van der Waals surface area contributed by atoms with Crippen LogP contribution in [0.4, 0.5) is 5.82 Å². The molecule has 2 aromatic rings. The molecule has 24 heavy (non-hydrogen) atoms. The largest absolute Gasteiger partial charge is 0.339 e. The number of amides is 1. The lowest BCUT2D eigenvalue weighted by molar-refractivity contribution is 0.0773. The molecule has 1 aromatic heterocycles. The van der Waals surface area contributed by atoms with Crippen molar-refractivity contribution in [3.63, 3.8) is 0 Å². The van der Waals surface area contributed by atoms with Crippen LogP contribution in [-0.4, -0.2) is 49.3 Å². The Morgan fingerprint density at radius 2 is 1.71 bits per heavy atom. The normalized spacial score (nSPS) is 11.1. The number of carbonyl (C=O) groups excluding carboxylic acids is 1. The monoisotopic (exact) mass is 348 g/mol. The highest BCUT2D eigenvalue weighted by Crippen LogP contribution is 2.20. The van der Waals surface area contributed by atoms with E-state index >= 15 is 0 Å². The van der Waals surface area contributed by atoms with Crippen molar-refractivity contribution in [2.24, 2.45) is 0 Å². The number of aromatic nitrogens is 2. The summed E-state index contributed by atoms with van der Waals surface area (Å²) in [6.07, 6.45) is 4.26. The van der Waals surface area contributed by atoms with Gasteiger partial charge < -0.3 is 4.90 Å². The molecule has 0 aliphatic carbocycles. The van der Waals surface area contributed by atoms with Crippen molar-refractivity contribution >= 4 is 21.7 Å². The summed E-state index contributed by atoms with van der Waals surface area (Å²) in [7, 11) is -2.35. The average Bonchev–Trinajstić information content (AvgIpc) is 2.62. The van der Waals surface area contributed by atoms with E-state index in [1.54, 1.807) is 4.90 Å². The summed E-state index contributed by atoms with van der Waals surface area (Å²) >= 11 is 0. The molecule has 0 unspecified atom stereocenters. The molecule has 0 saturated heterocycles. The summed E-state index contributed by atoms with van der Waals surface area (Å²) in [4.78, 5) is 21.9. The number of hydrogen-bond donors (Lipinski definition) is 0. The first-order valence-corrected chi connectivity index (χ1v) is 9.00. The Morgan fingerprint density at radius 3 is 2.21 bits per heavy atom. The van der Waals surface area contributed by atoms with Crippen molar-refractivity contribution in [1.82, 2.24) is 14.9 Å². The highest BCUT2D eigenvalue weighted by atomic mass is 32.2. The van der Waals surface area contributed by atoms with Crippen LogP contribution in [0, 0.1) is 0 Å². The summed E-state index contributed by atoms with van der Waals surface area (Å²) in [5, 5.41) is 0. The molecule has 2 rings (SSSR count). The van der Waals surface area contributed by atoms with Gasteiger partial charge in [0.2, 0.25) is 0 Å². The SMILES string of the molecule is CCN(CC)C(=O)c1ccc(S(=O)(=O)N(C)c2cnccn2)cc1.